The van der Waals surface area contributed by atoms with Crippen molar-refractivity contribution in [2.45, 2.75) is 20.9 Å². The second kappa shape index (κ2) is 3.01. The zero-order chi connectivity index (χ0) is 8.01. The summed E-state index contributed by atoms with van der Waals surface area (Å²) in [5.74, 6) is 0.761. The van der Waals surface area contributed by atoms with Crippen LogP contribution in [-0.4, -0.2) is 14.0 Å². The molecule has 2 aliphatic rings. The van der Waals surface area contributed by atoms with Gasteiger partial charge in [0, 0.05) is 9.84 Å². The zero-order valence-electron chi connectivity index (χ0n) is 5.80. The van der Waals surface area contributed by atoms with Gasteiger partial charge in [-0.15, -0.1) is 0 Å². The standard InChI is InChI=1S/C7H8I2O2/c8-3-1-4-5(2-3)7(10)11-6(4)9/h3-6H,1-2H2. The van der Waals surface area contributed by atoms with E-state index < -0.39 is 0 Å². The lowest BCUT2D eigenvalue weighted by molar-refractivity contribution is -0.141. The number of rotatable bonds is 0. The van der Waals surface area contributed by atoms with Crippen LogP contribution in [0.25, 0.3) is 0 Å². The van der Waals surface area contributed by atoms with Gasteiger partial charge in [-0.2, -0.15) is 0 Å². The third kappa shape index (κ3) is 1.40. The molecule has 1 aliphatic heterocycles. The molecule has 0 aromatic heterocycles. The minimum Gasteiger partial charge on any atom is -0.451 e. The van der Waals surface area contributed by atoms with Crippen LogP contribution in [-0.2, 0) is 9.53 Å². The zero-order valence-corrected chi connectivity index (χ0v) is 10.1. The Morgan fingerprint density at radius 2 is 2.09 bits per heavy atom. The lowest BCUT2D eigenvalue weighted by atomic mass is 10.0. The molecule has 0 spiro atoms. The Balaban J connectivity index is 2.16. The van der Waals surface area contributed by atoms with Crippen molar-refractivity contribution in [1.29, 1.82) is 0 Å². The van der Waals surface area contributed by atoms with Crippen LogP contribution in [0.15, 0.2) is 0 Å². The molecule has 0 amide bonds. The lowest BCUT2D eigenvalue weighted by Crippen LogP contribution is -2.09. The van der Waals surface area contributed by atoms with E-state index in [9.17, 15) is 4.79 Å². The van der Waals surface area contributed by atoms with Gasteiger partial charge in [-0.05, 0) is 35.4 Å². The van der Waals surface area contributed by atoms with E-state index in [4.69, 9.17) is 4.74 Å². The molecule has 0 bridgehead atoms. The van der Waals surface area contributed by atoms with Crippen molar-refractivity contribution >= 4 is 51.2 Å². The molecule has 2 nitrogen and oxygen atoms in total. The number of hydrogen-bond acceptors (Lipinski definition) is 2. The lowest BCUT2D eigenvalue weighted by Gasteiger charge is -2.07. The minimum atomic E-state index is 0.0357. The van der Waals surface area contributed by atoms with Gasteiger partial charge in [0.2, 0.25) is 0 Å². The first-order valence-electron chi connectivity index (χ1n) is 3.67. The summed E-state index contributed by atoms with van der Waals surface area (Å²) in [7, 11) is 0. The number of ether oxygens (including phenoxy) is 1. The number of esters is 1. The fourth-order valence-corrected chi connectivity index (χ4v) is 4.03. The van der Waals surface area contributed by atoms with Crippen LogP contribution in [0.5, 0.6) is 0 Å². The molecule has 4 atom stereocenters. The number of fused-ring (bicyclic) bond motifs is 1. The Hall–Kier alpha value is 0.930. The molecule has 4 unspecified atom stereocenters. The number of cyclic esters (lactones) is 1. The molecule has 0 aromatic rings. The van der Waals surface area contributed by atoms with Crippen LogP contribution in [0.2, 0.25) is 0 Å². The van der Waals surface area contributed by atoms with Crippen LogP contribution in [0.4, 0.5) is 0 Å². The Morgan fingerprint density at radius 1 is 1.36 bits per heavy atom. The van der Waals surface area contributed by atoms with Crippen LogP contribution in [0, 0.1) is 11.8 Å². The molecule has 1 saturated carbocycles. The number of carbonyl (C=O) groups is 1. The Kier molecular flexibility index (Phi) is 2.33. The largest absolute Gasteiger partial charge is 0.451 e. The maximum Gasteiger partial charge on any atom is 0.310 e. The fourth-order valence-electron chi connectivity index (χ4n) is 1.85. The van der Waals surface area contributed by atoms with Crippen LogP contribution < -0.4 is 0 Å². The van der Waals surface area contributed by atoms with Crippen LogP contribution in [0.3, 0.4) is 0 Å². The summed E-state index contributed by atoms with van der Waals surface area (Å²) in [5, 5.41) is 0. The molecular weight excluding hydrogens is 370 g/mol. The Morgan fingerprint density at radius 3 is 2.73 bits per heavy atom. The number of hydrogen-bond donors (Lipinski definition) is 0. The quantitative estimate of drug-likeness (QED) is 0.367. The van der Waals surface area contributed by atoms with Gasteiger partial charge in [-0.1, -0.05) is 22.6 Å². The predicted molar refractivity (Wildman–Crippen MR) is 57.9 cm³/mol. The van der Waals surface area contributed by atoms with Gasteiger partial charge >= 0.3 is 5.97 Å². The van der Waals surface area contributed by atoms with Gasteiger partial charge < -0.3 is 4.74 Å². The molecule has 1 heterocycles. The van der Waals surface area contributed by atoms with E-state index in [-0.39, 0.29) is 16.0 Å². The minimum absolute atomic E-state index is 0.0357. The highest BCUT2D eigenvalue weighted by molar-refractivity contribution is 14.1. The van der Waals surface area contributed by atoms with Gasteiger partial charge in [0.15, 0.2) is 4.11 Å². The second-order valence-electron chi connectivity index (χ2n) is 3.13. The van der Waals surface area contributed by atoms with Crippen molar-refractivity contribution in [2.75, 3.05) is 0 Å². The highest BCUT2D eigenvalue weighted by atomic mass is 127. The third-order valence-electron chi connectivity index (χ3n) is 2.42. The van der Waals surface area contributed by atoms with E-state index in [0.717, 1.165) is 12.8 Å². The first-order valence-corrected chi connectivity index (χ1v) is 6.16. The van der Waals surface area contributed by atoms with Crippen molar-refractivity contribution < 1.29 is 9.53 Å². The maximum absolute atomic E-state index is 11.2. The third-order valence-corrected chi connectivity index (χ3v) is 4.62. The summed E-state index contributed by atoms with van der Waals surface area (Å²) in [6.45, 7) is 0. The van der Waals surface area contributed by atoms with Crippen molar-refractivity contribution in [3.63, 3.8) is 0 Å². The van der Waals surface area contributed by atoms with Crippen LogP contribution in [0.1, 0.15) is 12.8 Å². The molecular formula is C7H8I2O2. The number of halogens is 2. The summed E-state index contributed by atoms with van der Waals surface area (Å²) in [6.07, 6.45) is 2.19. The molecule has 0 aromatic carbocycles. The van der Waals surface area contributed by atoms with E-state index in [2.05, 4.69) is 45.2 Å². The SMILES string of the molecule is O=C1OC(I)C2CC(I)CC12. The van der Waals surface area contributed by atoms with Crippen LogP contribution >= 0.6 is 45.2 Å². The van der Waals surface area contributed by atoms with E-state index in [1.807, 2.05) is 0 Å². The highest BCUT2D eigenvalue weighted by Crippen LogP contribution is 2.46. The molecule has 2 fully saturated rings. The summed E-state index contributed by atoms with van der Waals surface area (Å²) < 4.78 is 5.95. The average molecular weight is 378 g/mol. The highest BCUT2D eigenvalue weighted by Gasteiger charge is 2.48. The Bertz CT molecular complexity index is 195. The molecule has 4 heteroatoms. The molecule has 0 radical (unpaired) electrons. The topological polar surface area (TPSA) is 26.3 Å². The monoisotopic (exact) mass is 378 g/mol. The van der Waals surface area contributed by atoms with Gasteiger partial charge in [0.25, 0.3) is 0 Å². The second-order valence-corrected chi connectivity index (χ2v) is 6.12. The molecule has 2 rings (SSSR count). The molecule has 0 N–H and O–H groups in total. The fraction of sp³-hybridized carbons (Fsp3) is 0.857. The van der Waals surface area contributed by atoms with Gasteiger partial charge in [0.05, 0.1) is 5.92 Å². The predicted octanol–water partition coefficient (Wildman–Crippen LogP) is 2.13. The first kappa shape index (κ1) is 8.52. The summed E-state index contributed by atoms with van der Waals surface area (Å²) in [6, 6.07) is 0. The first-order chi connectivity index (χ1) is 5.18. The van der Waals surface area contributed by atoms with E-state index in [1.54, 1.807) is 0 Å². The van der Waals surface area contributed by atoms with Gasteiger partial charge in [0.1, 0.15) is 0 Å². The van der Waals surface area contributed by atoms with E-state index >= 15 is 0 Å². The molecule has 1 aliphatic carbocycles. The smallest absolute Gasteiger partial charge is 0.310 e. The Labute approximate surface area is 92.7 Å². The average Bonchev–Trinajstić information content (AvgIpc) is 2.38. The molecule has 11 heavy (non-hydrogen) atoms. The van der Waals surface area contributed by atoms with Crippen molar-refractivity contribution in [2.24, 2.45) is 11.8 Å². The normalized spacial score (nSPS) is 49.1. The maximum atomic E-state index is 11.2. The summed E-state index contributed by atoms with van der Waals surface area (Å²) in [5.41, 5.74) is 0. The van der Waals surface area contributed by atoms with E-state index in [0.29, 0.717) is 9.84 Å². The molecule has 62 valence electrons. The van der Waals surface area contributed by atoms with Crippen molar-refractivity contribution in [1.82, 2.24) is 0 Å². The van der Waals surface area contributed by atoms with E-state index in [1.165, 1.54) is 0 Å². The van der Waals surface area contributed by atoms with Crippen molar-refractivity contribution in [3.05, 3.63) is 0 Å². The number of alkyl halides is 2. The van der Waals surface area contributed by atoms with Gasteiger partial charge in [-0.3, -0.25) is 4.79 Å². The van der Waals surface area contributed by atoms with Crippen molar-refractivity contribution in [3.8, 4) is 0 Å². The molecule has 1 saturated heterocycles. The summed E-state index contributed by atoms with van der Waals surface area (Å²) in [4.78, 5) is 11.2. The van der Waals surface area contributed by atoms with Gasteiger partial charge in [-0.25, -0.2) is 0 Å². The summed E-state index contributed by atoms with van der Waals surface area (Å²) >= 11 is 4.66. The number of carbonyl (C=O) groups excluding carboxylic acids is 1.